The Morgan fingerprint density at radius 2 is 1.06 bits per heavy atom. The quantitative estimate of drug-likeness (QED) is 0.707. The third-order valence-electron chi connectivity index (χ3n) is 2.80. The van der Waals surface area contributed by atoms with E-state index in [9.17, 15) is 4.21 Å². The number of hydrogen-bond acceptors (Lipinski definition) is 7. The lowest BCUT2D eigenvalue weighted by atomic mass is 10.8. The third-order valence-corrected chi connectivity index (χ3v) is 3.46. The van der Waals surface area contributed by atoms with E-state index in [1.54, 1.807) is 0 Å². The first-order valence-electron chi connectivity index (χ1n) is 5.49. The molecule has 8 heteroatoms. The van der Waals surface area contributed by atoms with Crippen molar-refractivity contribution in [2.45, 2.75) is 12.7 Å². The molecule has 0 atom stereocenters. The first kappa shape index (κ1) is 13.2. The molecule has 0 unspecified atom stereocenters. The normalized spacial score (nSPS) is 21.2. The van der Waals surface area contributed by atoms with E-state index in [2.05, 4.69) is 0 Å². The van der Waals surface area contributed by atoms with Crippen LogP contribution in [-0.2, 0) is 19.7 Å². The predicted molar refractivity (Wildman–Crippen MR) is 67.2 cm³/mol. The Morgan fingerprint density at radius 1 is 0.778 bits per heavy atom. The smallest absolute Gasteiger partial charge is 0.311 e. The van der Waals surface area contributed by atoms with E-state index < -0.39 is 24.1 Å². The fourth-order valence-electron chi connectivity index (χ4n) is 1.72. The van der Waals surface area contributed by atoms with Crippen LogP contribution >= 0.6 is 0 Å². The van der Waals surface area contributed by atoms with E-state index >= 15 is 0 Å². The SMILES string of the molecule is CN1C=CN(C)C1OS(=O)OC1N(C)C=CN1C. The number of hydrogen-bond donors (Lipinski definition) is 0. The van der Waals surface area contributed by atoms with Gasteiger partial charge in [0.1, 0.15) is 0 Å². The van der Waals surface area contributed by atoms with Gasteiger partial charge >= 0.3 is 11.4 Å². The van der Waals surface area contributed by atoms with Crippen LogP contribution in [0.15, 0.2) is 24.8 Å². The van der Waals surface area contributed by atoms with Crippen LogP contribution in [0.25, 0.3) is 0 Å². The van der Waals surface area contributed by atoms with E-state index in [-0.39, 0.29) is 0 Å². The minimum Gasteiger partial charge on any atom is -0.336 e. The molecule has 2 rings (SSSR count). The summed E-state index contributed by atoms with van der Waals surface area (Å²) >= 11 is -1.83. The summed E-state index contributed by atoms with van der Waals surface area (Å²) in [4.78, 5) is 7.23. The van der Waals surface area contributed by atoms with E-state index in [1.165, 1.54) is 0 Å². The monoisotopic (exact) mass is 274 g/mol. The van der Waals surface area contributed by atoms with Crippen LogP contribution < -0.4 is 0 Å². The van der Waals surface area contributed by atoms with Gasteiger partial charge in [0, 0.05) is 53.0 Å². The van der Waals surface area contributed by atoms with Crippen molar-refractivity contribution in [2.75, 3.05) is 28.2 Å². The fourth-order valence-corrected chi connectivity index (χ4v) is 2.59. The standard InChI is InChI=1S/C10H18N4O3S/c1-11-5-6-12(2)9(11)16-18(15)17-10-13(3)7-8-14(10)4/h5-10H,1-4H3. The Labute approximate surface area is 110 Å². The lowest BCUT2D eigenvalue weighted by molar-refractivity contribution is -0.0357. The summed E-state index contributed by atoms with van der Waals surface area (Å²) in [6.45, 7) is 0. The molecule has 2 aliphatic heterocycles. The first-order chi connectivity index (χ1) is 8.49. The molecule has 0 bridgehead atoms. The molecule has 0 aliphatic carbocycles. The lowest BCUT2D eigenvalue weighted by Gasteiger charge is -2.29. The summed E-state index contributed by atoms with van der Waals surface area (Å²) in [6.07, 6.45) is 6.56. The van der Waals surface area contributed by atoms with E-state index in [0.29, 0.717) is 0 Å². The predicted octanol–water partition coefficient (Wildman–Crippen LogP) is -0.138. The van der Waals surface area contributed by atoms with Gasteiger partial charge in [0.15, 0.2) is 0 Å². The molecule has 0 aromatic heterocycles. The Morgan fingerprint density at radius 3 is 1.33 bits per heavy atom. The first-order valence-corrected chi connectivity index (χ1v) is 6.49. The highest BCUT2D eigenvalue weighted by Crippen LogP contribution is 2.18. The van der Waals surface area contributed by atoms with Crippen molar-refractivity contribution in [2.24, 2.45) is 0 Å². The second-order valence-corrected chi connectivity index (χ2v) is 5.10. The maximum Gasteiger partial charge on any atom is 0.311 e. The molecule has 7 nitrogen and oxygen atoms in total. The maximum absolute atomic E-state index is 11.8. The summed E-state index contributed by atoms with van der Waals surface area (Å²) in [7, 11) is 7.38. The van der Waals surface area contributed by atoms with Gasteiger partial charge in [0.05, 0.1) is 0 Å². The van der Waals surface area contributed by atoms with E-state index in [4.69, 9.17) is 8.37 Å². The van der Waals surface area contributed by atoms with Crippen LogP contribution in [0.3, 0.4) is 0 Å². The van der Waals surface area contributed by atoms with Crippen molar-refractivity contribution in [1.29, 1.82) is 0 Å². The Balaban J connectivity index is 1.86. The zero-order valence-corrected chi connectivity index (χ0v) is 11.7. The van der Waals surface area contributed by atoms with E-state index in [1.807, 2.05) is 72.6 Å². The molecule has 0 N–H and O–H groups in total. The molecule has 0 fully saturated rings. The summed E-state index contributed by atoms with van der Waals surface area (Å²) in [6, 6.07) is 0. The molecule has 0 amide bonds. The van der Waals surface area contributed by atoms with Crippen molar-refractivity contribution in [3.05, 3.63) is 24.8 Å². The molecular weight excluding hydrogens is 256 g/mol. The number of rotatable bonds is 4. The highest BCUT2D eigenvalue weighted by molar-refractivity contribution is 7.75. The van der Waals surface area contributed by atoms with Crippen molar-refractivity contribution in [3.8, 4) is 0 Å². The van der Waals surface area contributed by atoms with Gasteiger partial charge in [-0.3, -0.25) is 0 Å². The van der Waals surface area contributed by atoms with Crippen LogP contribution in [0.4, 0.5) is 0 Å². The van der Waals surface area contributed by atoms with Crippen LogP contribution in [-0.4, -0.2) is 64.7 Å². The molecule has 0 radical (unpaired) electrons. The van der Waals surface area contributed by atoms with Crippen molar-refractivity contribution >= 4 is 11.4 Å². The van der Waals surface area contributed by atoms with Crippen molar-refractivity contribution in [3.63, 3.8) is 0 Å². The van der Waals surface area contributed by atoms with Gasteiger partial charge in [-0.25, -0.2) is 8.37 Å². The minimum absolute atomic E-state index is 0.407. The average molecular weight is 274 g/mol. The van der Waals surface area contributed by atoms with Crippen LogP contribution in [0.1, 0.15) is 0 Å². The summed E-state index contributed by atoms with van der Waals surface area (Å²) in [5, 5.41) is 0. The molecule has 0 spiro atoms. The average Bonchev–Trinajstić information content (AvgIpc) is 2.79. The zero-order valence-electron chi connectivity index (χ0n) is 10.9. The minimum atomic E-state index is -1.83. The fraction of sp³-hybridized carbons (Fsp3) is 0.600. The van der Waals surface area contributed by atoms with Gasteiger partial charge in [0.25, 0.3) is 0 Å². The highest BCUT2D eigenvalue weighted by Gasteiger charge is 2.29. The van der Waals surface area contributed by atoms with E-state index in [0.717, 1.165) is 0 Å². The van der Waals surface area contributed by atoms with Gasteiger partial charge in [-0.1, -0.05) is 0 Å². The van der Waals surface area contributed by atoms with Crippen molar-refractivity contribution in [1.82, 2.24) is 19.6 Å². The Hall–Kier alpha value is -1.25. The van der Waals surface area contributed by atoms with Crippen molar-refractivity contribution < 1.29 is 12.6 Å². The van der Waals surface area contributed by atoms with Gasteiger partial charge in [-0.2, -0.15) is 4.21 Å². The Kier molecular flexibility index (Phi) is 3.79. The third kappa shape index (κ3) is 2.60. The maximum atomic E-state index is 11.8. The van der Waals surface area contributed by atoms with Gasteiger partial charge in [-0.15, -0.1) is 0 Å². The van der Waals surface area contributed by atoms with Crippen LogP contribution in [0.2, 0.25) is 0 Å². The van der Waals surface area contributed by atoms with Gasteiger partial charge in [-0.05, 0) is 0 Å². The second-order valence-electron chi connectivity index (χ2n) is 4.31. The number of nitrogens with zero attached hydrogens (tertiary/aromatic N) is 4. The molecule has 2 aliphatic rings. The molecule has 0 saturated carbocycles. The molecule has 0 saturated heterocycles. The summed E-state index contributed by atoms with van der Waals surface area (Å²) in [5.41, 5.74) is 0. The highest BCUT2D eigenvalue weighted by atomic mass is 32.2. The van der Waals surface area contributed by atoms with Crippen LogP contribution in [0.5, 0.6) is 0 Å². The molecule has 18 heavy (non-hydrogen) atoms. The van der Waals surface area contributed by atoms with Gasteiger partial charge in [0.2, 0.25) is 12.7 Å². The Bertz CT molecular complexity index is 331. The molecule has 0 aromatic rings. The molecule has 0 aromatic carbocycles. The second kappa shape index (κ2) is 5.17. The largest absolute Gasteiger partial charge is 0.336 e. The molecule has 2 heterocycles. The summed E-state index contributed by atoms with van der Waals surface area (Å²) < 4.78 is 22.5. The summed E-state index contributed by atoms with van der Waals surface area (Å²) in [5.74, 6) is 0. The van der Waals surface area contributed by atoms with Gasteiger partial charge < -0.3 is 19.6 Å². The lowest BCUT2D eigenvalue weighted by Crippen LogP contribution is -2.41. The van der Waals surface area contributed by atoms with Crippen LogP contribution in [0, 0.1) is 0 Å². The topological polar surface area (TPSA) is 48.5 Å². The molecular formula is C10H18N4O3S. The zero-order chi connectivity index (χ0) is 13.3. The molecule has 102 valence electrons.